The Morgan fingerprint density at radius 2 is 2.05 bits per heavy atom. The van der Waals surface area contributed by atoms with Crippen molar-refractivity contribution in [3.05, 3.63) is 48.0 Å². The van der Waals surface area contributed by atoms with Gasteiger partial charge < -0.3 is 10.0 Å². The van der Waals surface area contributed by atoms with Crippen LogP contribution in [0.15, 0.2) is 36.5 Å². The molecule has 0 aliphatic carbocycles. The summed E-state index contributed by atoms with van der Waals surface area (Å²) in [5, 5.41) is 12.9. The lowest BCUT2D eigenvalue weighted by molar-refractivity contribution is -0.141. The lowest BCUT2D eigenvalue weighted by Gasteiger charge is -2.18. The van der Waals surface area contributed by atoms with Gasteiger partial charge in [0.25, 0.3) is 5.91 Å². The number of carboxylic acids is 1. The first-order chi connectivity index (χ1) is 10.4. The topological polar surface area (TPSA) is 75.4 Å². The minimum Gasteiger partial charge on any atom is -0.481 e. The highest BCUT2D eigenvalue weighted by molar-refractivity contribution is 5.92. The van der Waals surface area contributed by atoms with Crippen molar-refractivity contribution in [2.45, 2.75) is 6.92 Å². The van der Waals surface area contributed by atoms with Crippen LogP contribution in [0.4, 0.5) is 4.39 Å². The van der Waals surface area contributed by atoms with E-state index in [9.17, 15) is 14.0 Å². The maximum Gasteiger partial charge on any atom is 0.308 e. The quantitative estimate of drug-likeness (QED) is 0.914. The van der Waals surface area contributed by atoms with Gasteiger partial charge in [0.15, 0.2) is 5.69 Å². The Hall–Kier alpha value is -2.70. The molecule has 6 nitrogen and oxygen atoms in total. The highest BCUT2D eigenvalue weighted by Gasteiger charge is 2.20. The molecule has 0 aliphatic heterocycles. The SMILES string of the molecule is CC(CN(C)C(=O)c1ccn(-c2ccccc2F)n1)C(=O)O. The van der Waals surface area contributed by atoms with E-state index in [2.05, 4.69) is 5.10 Å². The maximum atomic E-state index is 13.7. The van der Waals surface area contributed by atoms with Crippen LogP contribution in [0.25, 0.3) is 5.69 Å². The van der Waals surface area contributed by atoms with Gasteiger partial charge in [0, 0.05) is 19.8 Å². The molecule has 1 heterocycles. The molecule has 0 radical (unpaired) electrons. The van der Waals surface area contributed by atoms with E-state index in [0.29, 0.717) is 0 Å². The third kappa shape index (κ3) is 3.30. The van der Waals surface area contributed by atoms with Gasteiger partial charge in [-0.05, 0) is 18.2 Å². The summed E-state index contributed by atoms with van der Waals surface area (Å²) in [4.78, 5) is 24.3. The largest absolute Gasteiger partial charge is 0.481 e. The van der Waals surface area contributed by atoms with Crippen LogP contribution in [0.1, 0.15) is 17.4 Å². The molecule has 0 bridgehead atoms. The van der Waals surface area contributed by atoms with Crippen LogP contribution in [-0.2, 0) is 4.79 Å². The Morgan fingerprint density at radius 1 is 1.36 bits per heavy atom. The number of hydrogen-bond acceptors (Lipinski definition) is 3. The number of aliphatic carboxylic acids is 1. The summed E-state index contributed by atoms with van der Waals surface area (Å²) in [6.07, 6.45) is 1.49. The van der Waals surface area contributed by atoms with Crippen molar-refractivity contribution in [1.82, 2.24) is 14.7 Å². The van der Waals surface area contributed by atoms with Crippen LogP contribution in [0.3, 0.4) is 0 Å². The van der Waals surface area contributed by atoms with Crippen molar-refractivity contribution in [3.63, 3.8) is 0 Å². The van der Waals surface area contributed by atoms with E-state index >= 15 is 0 Å². The molecule has 2 aromatic rings. The third-order valence-corrected chi connectivity index (χ3v) is 3.22. The number of amides is 1. The van der Waals surface area contributed by atoms with Gasteiger partial charge in [0.2, 0.25) is 0 Å². The van der Waals surface area contributed by atoms with Crippen LogP contribution >= 0.6 is 0 Å². The normalized spacial score (nSPS) is 12.0. The molecular formula is C15H16FN3O3. The minimum absolute atomic E-state index is 0.0702. The monoisotopic (exact) mass is 305 g/mol. The number of hydrogen-bond donors (Lipinski definition) is 1. The average Bonchev–Trinajstić information content (AvgIpc) is 2.96. The molecule has 2 rings (SSSR count). The molecule has 0 fully saturated rings. The zero-order valence-corrected chi connectivity index (χ0v) is 12.2. The molecule has 1 aromatic carbocycles. The summed E-state index contributed by atoms with van der Waals surface area (Å²) >= 11 is 0. The summed E-state index contributed by atoms with van der Waals surface area (Å²) in [6.45, 7) is 1.59. The molecule has 7 heteroatoms. The van der Waals surface area contributed by atoms with Crippen LogP contribution in [0.5, 0.6) is 0 Å². The molecule has 1 aromatic heterocycles. The van der Waals surface area contributed by atoms with Gasteiger partial charge in [-0.1, -0.05) is 19.1 Å². The van der Waals surface area contributed by atoms with Crippen molar-refractivity contribution in [2.24, 2.45) is 5.92 Å². The van der Waals surface area contributed by atoms with E-state index in [0.717, 1.165) is 0 Å². The number of para-hydroxylation sites is 1. The molecule has 1 N–H and O–H groups in total. The first-order valence-corrected chi connectivity index (χ1v) is 6.69. The average molecular weight is 305 g/mol. The second-order valence-corrected chi connectivity index (χ2v) is 5.02. The Bertz CT molecular complexity index is 699. The summed E-state index contributed by atoms with van der Waals surface area (Å²) in [5.41, 5.74) is 0.367. The Labute approximate surface area is 126 Å². The fourth-order valence-corrected chi connectivity index (χ4v) is 1.98. The number of rotatable bonds is 5. The van der Waals surface area contributed by atoms with Gasteiger partial charge >= 0.3 is 5.97 Å². The lowest BCUT2D eigenvalue weighted by Crippen LogP contribution is -2.34. The van der Waals surface area contributed by atoms with Crippen LogP contribution in [0, 0.1) is 11.7 Å². The Kier molecular flexibility index (Phi) is 4.55. The first-order valence-electron chi connectivity index (χ1n) is 6.69. The molecule has 0 saturated carbocycles. The van der Waals surface area contributed by atoms with Crippen molar-refractivity contribution >= 4 is 11.9 Å². The molecule has 22 heavy (non-hydrogen) atoms. The molecule has 0 saturated heterocycles. The van der Waals surface area contributed by atoms with Crippen molar-refractivity contribution in [3.8, 4) is 5.69 Å². The van der Waals surface area contributed by atoms with Gasteiger partial charge in [-0.25, -0.2) is 9.07 Å². The lowest BCUT2D eigenvalue weighted by atomic mass is 10.2. The van der Waals surface area contributed by atoms with E-state index in [1.54, 1.807) is 18.2 Å². The van der Waals surface area contributed by atoms with E-state index in [1.807, 2.05) is 0 Å². The number of carbonyl (C=O) groups is 2. The maximum absolute atomic E-state index is 13.7. The van der Waals surface area contributed by atoms with Gasteiger partial charge in [0.1, 0.15) is 11.5 Å². The van der Waals surface area contributed by atoms with Gasteiger partial charge in [-0.2, -0.15) is 5.10 Å². The number of halogens is 1. The highest BCUT2D eigenvalue weighted by atomic mass is 19.1. The summed E-state index contributed by atoms with van der Waals surface area (Å²) in [6, 6.07) is 7.56. The number of nitrogens with zero attached hydrogens (tertiary/aromatic N) is 3. The van der Waals surface area contributed by atoms with Gasteiger partial charge in [0.05, 0.1) is 5.92 Å². The van der Waals surface area contributed by atoms with Crippen LogP contribution < -0.4 is 0 Å². The predicted octanol–water partition coefficient (Wildman–Crippen LogP) is 1.80. The Balaban J connectivity index is 2.16. The highest BCUT2D eigenvalue weighted by Crippen LogP contribution is 2.13. The molecular weight excluding hydrogens is 289 g/mol. The summed E-state index contributed by atoms with van der Waals surface area (Å²) in [5.74, 6) is -2.51. The predicted molar refractivity (Wildman–Crippen MR) is 77.3 cm³/mol. The molecule has 1 unspecified atom stereocenters. The van der Waals surface area contributed by atoms with Crippen molar-refractivity contribution in [2.75, 3.05) is 13.6 Å². The molecule has 1 amide bonds. The number of benzene rings is 1. The second kappa shape index (κ2) is 6.38. The fourth-order valence-electron chi connectivity index (χ4n) is 1.98. The van der Waals surface area contributed by atoms with Crippen molar-refractivity contribution in [1.29, 1.82) is 0 Å². The Morgan fingerprint density at radius 3 is 2.68 bits per heavy atom. The second-order valence-electron chi connectivity index (χ2n) is 5.02. The number of carboxylic acid groups (broad SMARTS) is 1. The molecule has 0 spiro atoms. The van der Waals surface area contributed by atoms with E-state index in [4.69, 9.17) is 5.11 Å². The van der Waals surface area contributed by atoms with Crippen LogP contribution in [-0.4, -0.2) is 45.3 Å². The van der Waals surface area contributed by atoms with Crippen LogP contribution in [0.2, 0.25) is 0 Å². The van der Waals surface area contributed by atoms with E-state index in [-0.39, 0.29) is 17.9 Å². The summed E-state index contributed by atoms with van der Waals surface area (Å²) in [7, 11) is 1.50. The minimum atomic E-state index is -0.975. The zero-order valence-electron chi connectivity index (χ0n) is 12.2. The molecule has 1 atom stereocenters. The van der Waals surface area contributed by atoms with Gasteiger partial charge in [-0.3, -0.25) is 9.59 Å². The van der Waals surface area contributed by atoms with Gasteiger partial charge in [-0.15, -0.1) is 0 Å². The van der Waals surface area contributed by atoms with Crippen molar-refractivity contribution < 1.29 is 19.1 Å². The molecule has 0 aliphatic rings. The molecule has 116 valence electrons. The summed E-state index contributed by atoms with van der Waals surface area (Å²) < 4.78 is 15.0. The van der Waals surface area contributed by atoms with E-state index < -0.39 is 23.6 Å². The third-order valence-electron chi connectivity index (χ3n) is 3.22. The smallest absolute Gasteiger partial charge is 0.308 e. The first kappa shape index (κ1) is 15.7. The fraction of sp³-hybridized carbons (Fsp3) is 0.267. The zero-order chi connectivity index (χ0) is 16.3. The number of aromatic nitrogens is 2. The van der Waals surface area contributed by atoms with E-state index in [1.165, 1.54) is 41.9 Å². The standard InChI is InChI=1S/C15H16FN3O3/c1-10(15(21)22)9-18(2)14(20)12-7-8-19(17-12)13-6-4-3-5-11(13)16/h3-8,10H,9H2,1-2H3,(H,21,22). The number of carbonyl (C=O) groups excluding carboxylic acids is 1.